The van der Waals surface area contributed by atoms with Crippen LogP contribution in [0.25, 0.3) is 6.08 Å². The summed E-state index contributed by atoms with van der Waals surface area (Å²) in [6.45, 7) is 0. The van der Waals surface area contributed by atoms with Crippen LogP contribution in [0.3, 0.4) is 0 Å². The zero-order chi connectivity index (χ0) is 13.8. The Bertz CT molecular complexity index is 662. The number of carbonyl (C=O) groups excluding carboxylic acids is 1. The average molecular weight is 381 g/mol. The minimum atomic E-state index is -0.327. The van der Waals surface area contributed by atoms with Crippen LogP contribution >= 0.6 is 31.9 Å². The van der Waals surface area contributed by atoms with Gasteiger partial charge in [-0.1, -0.05) is 30.3 Å². The lowest BCUT2D eigenvalue weighted by Gasteiger charge is -1.97. The number of hydrogen-bond donors (Lipinski definition) is 0. The van der Waals surface area contributed by atoms with Gasteiger partial charge in [-0.3, -0.25) is 4.79 Å². The van der Waals surface area contributed by atoms with E-state index in [2.05, 4.69) is 31.9 Å². The highest BCUT2D eigenvalue weighted by Crippen LogP contribution is 2.28. The monoisotopic (exact) mass is 379 g/mol. The Morgan fingerprint density at radius 2 is 1.95 bits per heavy atom. The van der Waals surface area contributed by atoms with E-state index in [9.17, 15) is 4.79 Å². The van der Waals surface area contributed by atoms with Gasteiger partial charge in [0.15, 0.2) is 4.67 Å². The van der Waals surface area contributed by atoms with Crippen molar-refractivity contribution in [3.05, 3.63) is 62.4 Å². The highest BCUT2D eigenvalue weighted by molar-refractivity contribution is 9.13. The smallest absolute Gasteiger partial charge is 0.203 e. The zero-order valence-electron chi connectivity index (χ0n) is 9.56. The average Bonchev–Trinajstić information content (AvgIpc) is 2.75. The number of rotatable bonds is 3. The maximum Gasteiger partial charge on any atom is 0.203 e. The van der Waals surface area contributed by atoms with Crippen LogP contribution in [-0.4, -0.2) is 5.78 Å². The van der Waals surface area contributed by atoms with E-state index in [1.54, 1.807) is 30.3 Å². The Labute approximate surface area is 126 Å². The molecule has 0 bridgehead atoms. The molecule has 0 spiro atoms. The highest BCUT2D eigenvalue weighted by atomic mass is 79.9. The Hall–Kier alpha value is -1.64. The van der Waals surface area contributed by atoms with E-state index in [-0.39, 0.29) is 11.4 Å². The highest BCUT2D eigenvalue weighted by Gasteiger charge is 2.13. The fourth-order valence-corrected chi connectivity index (χ4v) is 2.08. The van der Waals surface area contributed by atoms with E-state index in [1.807, 2.05) is 12.1 Å². The molecule has 94 valence electrons. The maximum atomic E-state index is 12.1. The van der Waals surface area contributed by atoms with Crippen LogP contribution in [0.2, 0.25) is 0 Å². The largest absolute Gasteiger partial charge is 0.449 e. The fraction of sp³-hybridized carbons (Fsp3) is 0. The van der Waals surface area contributed by atoms with Crippen molar-refractivity contribution in [3.63, 3.8) is 0 Å². The molecule has 3 nitrogen and oxygen atoms in total. The second-order valence-corrected chi connectivity index (χ2v) is 5.21. The number of nitrogens with zero attached hydrogens (tertiary/aromatic N) is 1. The molecule has 0 amide bonds. The molecule has 0 aliphatic carbocycles. The number of benzene rings is 1. The van der Waals surface area contributed by atoms with Crippen molar-refractivity contribution in [2.75, 3.05) is 0 Å². The van der Waals surface area contributed by atoms with E-state index in [1.165, 1.54) is 6.08 Å². The lowest BCUT2D eigenvalue weighted by molar-refractivity contribution is 0.104. The van der Waals surface area contributed by atoms with Crippen molar-refractivity contribution < 1.29 is 9.21 Å². The molecule has 0 saturated heterocycles. The summed E-state index contributed by atoms with van der Waals surface area (Å²) < 4.78 is 6.56. The van der Waals surface area contributed by atoms with Crippen LogP contribution in [0.15, 0.2) is 55.5 Å². The van der Waals surface area contributed by atoms with Crippen LogP contribution in [0.1, 0.15) is 16.1 Å². The van der Waals surface area contributed by atoms with Gasteiger partial charge < -0.3 is 4.42 Å². The Morgan fingerprint density at radius 3 is 2.47 bits per heavy atom. The van der Waals surface area contributed by atoms with Crippen LogP contribution in [-0.2, 0) is 0 Å². The van der Waals surface area contributed by atoms with Gasteiger partial charge >= 0.3 is 0 Å². The topological polar surface area (TPSA) is 54.0 Å². The zero-order valence-corrected chi connectivity index (χ0v) is 12.7. The van der Waals surface area contributed by atoms with Crippen LogP contribution in [0.4, 0.5) is 0 Å². The van der Waals surface area contributed by atoms with Crippen molar-refractivity contribution in [2.24, 2.45) is 0 Å². The molecule has 2 aromatic rings. The number of nitriles is 1. The van der Waals surface area contributed by atoms with E-state index < -0.39 is 0 Å². The lowest BCUT2D eigenvalue weighted by Crippen LogP contribution is -2.01. The van der Waals surface area contributed by atoms with Gasteiger partial charge in [-0.2, -0.15) is 5.26 Å². The first-order valence-electron chi connectivity index (χ1n) is 5.28. The molecule has 0 fully saturated rings. The fourth-order valence-electron chi connectivity index (χ4n) is 1.47. The summed E-state index contributed by atoms with van der Waals surface area (Å²) in [6, 6.07) is 12.2. The predicted octanol–water partition coefficient (Wildman–Crippen LogP) is 4.59. The summed E-state index contributed by atoms with van der Waals surface area (Å²) in [4.78, 5) is 12.1. The molecule has 2 rings (SSSR count). The number of Topliss-reactive ketones (excluding diaryl/α,β-unsaturated/α-hetero) is 1. The molecule has 0 atom stereocenters. The molecule has 1 aromatic carbocycles. The van der Waals surface area contributed by atoms with Crippen molar-refractivity contribution in [1.29, 1.82) is 5.26 Å². The van der Waals surface area contributed by atoms with E-state index in [4.69, 9.17) is 9.68 Å². The van der Waals surface area contributed by atoms with E-state index in [0.717, 1.165) is 4.47 Å². The number of allylic oxidation sites excluding steroid dienone is 1. The van der Waals surface area contributed by atoms with Gasteiger partial charge in [-0.25, -0.2) is 0 Å². The van der Waals surface area contributed by atoms with E-state index in [0.29, 0.717) is 16.0 Å². The normalized spacial score (nSPS) is 11.1. The Morgan fingerprint density at radius 1 is 1.26 bits per heavy atom. The molecule has 0 unspecified atom stereocenters. The molecule has 0 aliphatic rings. The standard InChI is InChI=1S/C14H7Br2NO2/c15-12-7-11(19-14(12)16)6-10(8-17)13(18)9-4-2-1-3-5-9/h1-7H/b10-6+. The third kappa shape index (κ3) is 3.22. The first-order chi connectivity index (χ1) is 9.11. The maximum absolute atomic E-state index is 12.1. The van der Waals surface area contributed by atoms with Gasteiger partial charge in [0.1, 0.15) is 17.4 Å². The lowest BCUT2D eigenvalue weighted by atomic mass is 10.0. The van der Waals surface area contributed by atoms with Gasteiger partial charge in [0.2, 0.25) is 5.78 Å². The van der Waals surface area contributed by atoms with Crippen LogP contribution in [0.5, 0.6) is 0 Å². The molecule has 0 aliphatic heterocycles. The quantitative estimate of drug-likeness (QED) is 0.444. The Kier molecular flexibility index (Phi) is 4.35. The third-order valence-corrected chi connectivity index (χ3v) is 4.06. The van der Waals surface area contributed by atoms with Crippen molar-refractivity contribution >= 4 is 43.7 Å². The molecule has 0 N–H and O–H groups in total. The van der Waals surface area contributed by atoms with Crippen LogP contribution < -0.4 is 0 Å². The molecular weight excluding hydrogens is 374 g/mol. The van der Waals surface area contributed by atoms with Crippen molar-refractivity contribution in [1.82, 2.24) is 0 Å². The summed E-state index contributed by atoms with van der Waals surface area (Å²) in [5.74, 6) is 0.103. The van der Waals surface area contributed by atoms with Gasteiger partial charge in [0.25, 0.3) is 0 Å². The summed E-state index contributed by atoms with van der Waals surface area (Å²) in [7, 11) is 0. The van der Waals surface area contributed by atoms with Gasteiger partial charge in [0.05, 0.1) is 4.47 Å². The second-order valence-electron chi connectivity index (χ2n) is 3.64. The summed E-state index contributed by atoms with van der Waals surface area (Å²) in [6.07, 6.45) is 1.42. The summed E-state index contributed by atoms with van der Waals surface area (Å²) >= 11 is 6.47. The SMILES string of the molecule is N#C/C(=C\c1cc(Br)c(Br)o1)C(=O)c1ccccc1. The van der Waals surface area contributed by atoms with Crippen LogP contribution in [0, 0.1) is 11.3 Å². The first-order valence-corrected chi connectivity index (χ1v) is 6.87. The minimum Gasteiger partial charge on any atom is -0.449 e. The van der Waals surface area contributed by atoms with Gasteiger partial charge in [-0.05, 0) is 37.9 Å². The Balaban J connectivity index is 2.36. The van der Waals surface area contributed by atoms with E-state index >= 15 is 0 Å². The first kappa shape index (κ1) is 13.8. The predicted molar refractivity (Wildman–Crippen MR) is 78.5 cm³/mol. The van der Waals surface area contributed by atoms with Gasteiger partial charge in [0, 0.05) is 11.6 Å². The molecule has 1 aromatic heterocycles. The summed E-state index contributed by atoms with van der Waals surface area (Å²) in [5, 5.41) is 9.09. The van der Waals surface area contributed by atoms with Crippen molar-refractivity contribution in [3.8, 4) is 6.07 Å². The number of carbonyl (C=O) groups is 1. The molecular formula is C14H7Br2NO2. The molecule has 19 heavy (non-hydrogen) atoms. The van der Waals surface area contributed by atoms with Crippen molar-refractivity contribution in [2.45, 2.75) is 0 Å². The molecule has 0 radical (unpaired) electrons. The third-order valence-electron chi connectivity index (χ3n) is 2.35. The number of hydrogen-bond acceptors (Lipinski definition) is 3. The minimum absolute atomic E-state index is 0.0277. The molecule has 5 heteroatoms. The number of furan rings is 1. The second kappa shape index (κ2) is 6.00. The number of halogens is 2. The molecule has 0 saturated carbocycles. The summed E-state index contributed by atoms with van der Waals surface area (Å²) in [5.41, 5.74) is 0.500. The molecule has 1 heterocycles. The number of ketones is 1. The van der Waals surface area contributed by atoms with Gasteiger partial charge in [-0.15, -0.1) is 0 Å².